The molecule has 0 saturated heterocycles. The van der Waals surface area contributed by atoms with E-state index in [4.69, 9.17) is 15.7 Å². The summed E-state index contributed by atoms with van der Waals surface area (Å²) in [5.74, 6) is -1.91. The molecule has 0 spiro atoms. The Morgan fingerprint density at radius 2 is 1.28 bits per heavy atom. The van der Waals surface area contributed by atoms with Crippen LogP contribution in [0.2, 0.25) is 0 Å². The van der Waals surface area contributed by atoms with E-state index in [1.165, 1.54) is 60.7 Å². The Hall–Kier alpha value is -2.90. The molecular weight excluding hydrogens is 1130 g/mol. The molecule has 5 aromatic carbocycles. The molecular formula is C36H27FN12Na4O16S5. The summed E-state index contributed by atoms with van der Waals surface area (Å²) in [6.45, 7) is -0.332. The summed E-state index contributed by atoms with van der Waals surface area (Å²) in [6, 6.07) is 20.0. The number of anilines is 7. The summed E-state index contributed by atoms with van der Waals surface area (Å²) < 4.78 is 126. The van der Waals surface area contributed by atoms with Gasteiger partial charge < -0.3 is 47.0 Å². The normalized spacial score (nSPS) is 11.5. The van der Waals surface area contributed by atoms with E-state index in [1.807, 2.05) is 0 Å². The second-order valence-electron chi connectivity index (χ2n) is 13.1. The van der Waals surface area contributed by atoms with E-state index in [9.17, 15) is 54.1 Å². The number of nitrogen functional groups attached to an aromatic ring is 2. The van der Waals surface area contributed by atoms with Crippen LogP contribution < -0.4 is 156 Å². The Labute approximate surface area is 515 Å². The van der Waals surface area contributed by atoms with Crippen molar-refractivity contribution in [1.29, 1.82) is 0 Å². The fourth-order valence-electron chi connectivity index (χ4n) is 5.52. The van der Waals surface area contributed by atoms with Gasteiger partial charge in [0.1, 0.15) is 37.3 Å². The van der Waals surface area contributed by atoms with Crippen molar-refractivity contribution in [1.82, 2.24) is 15.0 Å². The van der Waals surface area contributed by atoms with Gasteiger partial charge in [0.2, 0.25) is 11.9 Å². The van der Waals surface area contributed by atoms with Gasteiger partial charge in [0.25, 0.3) is 5.91 Å². The zero-order valence-electron chi connectivity index (χ0n) is 38.4. The molecule has 0 fully saturated rings. The number of amides is 1. The molecule has 7 N–H and O–H groups in total. The third-order valence-electron chi connectivity index (χ3n) is 8.64. The number of halogens is 1. The first-order valence-electron chi connectivity index (χ1n) is 18.5. The van der Waals surface area contributed by atoms with E-state index in [-0.39, 0.29) is 176 Å². The number of aromatic nitrogens is 3. The fraction of sp³-hybridized carbons (Fsp3) is 0.0556. The Morgan fingerprint density at radius 3 is 1.92 bits per heavy atom. The van der Waals surface area contributed by atoms with Crippen LogP contribution in [0.1, 0.15) is 10.4 Å². The van der Waals surface area contributed by atoms with Gasteiger partial charge in [-0.2, -0.15) is 28.8 Å². The Balaban J connectivity index is 0.00000469. The topological polar surface area (TPSA) is 434 Å². The molecule has 0 unspecified atom stereocenters. The van der Waals surface area contributed by atoms with Crippen LogP contribution in [0.3, 0.4) is 0 Å². The van der Waals surface area contributed by atoms with E-state index in [0.717, 1.165) is 18.2 Å². The monoisotopic (exact) mass is 1150 g/mol. The predicted octanol–water partition coefficient (Wildman–Crippen LogP) is -7.62. The zero-order valence-corrected chi connectivity index (χ0v) is 50.5. The van der Waals surface area contributed by atoms with Crippen molar-refractivity contribution < 1.29 is 195 Å². The molecule has 0 radical (unpaired) electrons. The van der Waals surface area contributed by atoms with Gasteiger partial charge in [-0.05, 0) is 84.9 Å². The molecule has 1 amide bonds. The molecule has 0 aliphatic heterocycles. The number of carbonyl (C=O) groups excluding carboxylic acids is 1. The molecule has 38 heteroatoms. The van der Waals surface area contributed by atoms with E-state index >= 15 is 0 Å². The number of nitrogens with one attached hydrogen (secondary N) is 3. The predicted molar refractivity (Wildman–Crippen MR) is 235 cm³/mol. The van der Waals surface area contributed by atoms with Gasteiger partial charge in [0.05, 0.1) is 66.7 Å². The first-order valence-corrected chi connectivity index (χ1v) is 24.4. The first kappa shape index (κ1) is 67.2. The van der Waals surface area contributed by atoms with Crippen LogP contribution in [0.25, 0.3) is 0 Å². The summed E-state index contributed by atoms with van der Waals surface area (Å²) >= 11 is 0.680. The number of sulfone groups is 1. The molecule has 0 saturated carbocycles. The summed E-state index contributed by atoms with van der Waals surface area (Å²) in [5, 5.41) is 49.8. The standard InChI is InChI=1S/C36H31FN12O16S5.4Na/c37-34-43-35(45-36(44-34)42-24-3-1-2-4-27(24)66-64-62-51)41-22-11-14-28(69(55,56)57)25(17-22)47-48-26-18-29(70(58,59)60)31(39)32(30(26)38)49-46-21-7-5-19(6-8-21)33(50)40-20-9-12-23(13-10-20)68(53,54)16-15-61-67-65-63-52;;;;/h1-14,17-18,51-52H,15-16,38-39H2,(H,40,50)(H,55,56,57)(H,58,59,60)(H2,41,42,43,44,45);;;;/q;4*+1/p-4. The van der Waals surface area contributed by atoms with E-state index in [1.54, 1.807) is 12.1 Å². The van der Waals surface area contributed by atoms with Gasteiger partial charge >= 0.3 is 124 Å². The molecule has 1 heterocycles. The van der Waals surface area contributed by atoms with Gasteiger partial charge in [-0.3, -0.25) is 19.1 Å². The maximum Gasteiger partial charge on any atom is 1.00 e. The molecule has 0 atom stereocenters. The van der Waals surface area contributed by atoms with Crippen LogP contribution in [-0.2, 0) is 53.0 Å². The van der Waals surface area contributed by atoms with Crippen molar-refractivity contribution in [3.05, 3.63) is 109 Å². The molecule has 74 heavy (non-hydrogen) atoms. The van der Waals surface area contributed by atoms with Crippen molar-refractivity contribution in [2.24, 2.45) is 20.5 Å². The maximum absolute atomic E-state index is 14.6. The average molecular weight is 1150 g/mol. The summed E-state index contributed by atoms with van der Waals surface area (Å²) in [4.78, 5) is 22.3. The van der Waals surface area contributed by atoms with Crippen LogP contribution >= 0.6 is 24.4 Å². The molecule has 6 aromatic rings. The number of para-hydroxylation sites is 1. The summed E-state index contributed by atoms with van der Waals surface area (Å²) in [6.07, 6.45) is -1.29. The van der Waals surface area contributed by atoms with Gasteiger partial charge in [0, 0.05) is 16.9 Å². The van der Waals surface area contributed by atoms with E-state index in [0.29, 0.717) is 23.0 Å². The molecule has 0 aliphatic carbocycles. The van der Waals surface area contributed by atoms with Crippen LogP contribution in [-0.4, -0.2) is 67.6 Å². The Bertz CT molecular complexity index is 3310. The number of hydrogen-bond donors (Lipinski definition) is 5. The van der Waals surface area contributed by atoms with Gasteiger partial charge in [-0.15, -0.1) is 19.7 Å². The SMILES string of the molecule is Nc1c(N=Nc2cc(Nc3nc(F)nc(Nc4ccccc4SOO[O-])n3)ccc2S(=O)(=O)[O-])cc(S(=O)(=O)[O-])c(N)c1N=Nc1ccc(C(=O)Nc2ccc(S(=O)(=O)CCOSOO[O-])cc2)cc1.[Na+].[Na+].[Na+].[Na+]. The minimum Gasteiger partial charge on any atom is -0.744 e. The Morgan fingerprint density at radius 1 is 0.676 bits per heavy atom. The minimum atomic E-state index is -5.39. The van der Waals surface area contributed by atoms with Crippen LogP contribution in [0.5, 0.6) is 0 Å². The van der Waals surface area contributed by atoms with Crippen molar-refractivity contribution >= 4 is 123 Å². The van der Waals surface area contributed by atoms with Crippen molar-refractivity contribution in [3.63, 3.8) is 0 Å². The number of nitrogens with two attached hydrogens (primary N) is 2. The Kier molecular flexibility index (Phi) is 28.1. The number of hydrogen-bond acceptors (Lipinski definition) is 29. The van der Waals surface area contributed by atoms with E-state index < -0.39 is 92.0 Å². The summed E-state index contributed by atoms with van der Waals surface area (Å²) in [5.41, 5.74) is 9.50. The second-order valence-corrected chi connectivity index (χ2v) is 19.2. The number of carbonyl (C=O) groups is 1. The van der Waals surface area contributed by atoms with Crippen LogP contribution in [0.4, 0.5) is 67.5 Å². The number of benzene rings is 5. The molecule has 6 rings (SSSR count). The van der Waals surface area contributed by atoms with Gasteiger partial charge in [0.15, 0.2) is 22.2 Å². The molecule has 28 nitrogen and oxygen atoms in total. The van der Waals surface area contributed by atoms with E-state index in [2.05, 4.69) is 70.1 Å². The second kappa shape index (κ2) is 30.9. The molecule has 0 bridgehead atoms. The maximum atomic E-state index is 14.6. The quantitative estimate of drug-likeness (QED) is 0.00616. The average Bonchev–Trinajstić information content (AvgIpc) is 3.30. The number of nitrogens with zero attached hydrogens (tertiary/aromatic N) is 7. The van der Waals surface area contributed by atoms with Crippen molar-refractivity contribution in [2.75, 3.05) is 39.8 Å². The zero-order chi connectivity index (χ0) is 50.6. The van der Waals surface area contributed by atoms with Gasteiger partial charge in [-0.1, -0.05) is 12.1 Å². The minimum absolute atomic E-state index is 0. The molecule has 1 aromatic heterocycles. The van der Waals surface area contributed by atoms with Crippen molar-refractivity contribution in [2.45, 2.75) is 19.6 Å². The van der Waals surface area contributed by atoms with Gasteiger partial charge in [-0.25, -0.2) is 25.3 Å². The largest absolute Gasteiger partial charge is 1.00 e. The molecule has 368 valence electrons. The fourth-order valence-corrected chi connectivity index (χ4v) is 8.58. The summed E-state index contributed by atoms with van der Waals surface area (Å²) in [7, 11) is -14.5. The number of azo groups is 2. The number of rotatable bonds is 22. The van der Waals surface area contributed by atoms with Crippen LogP contribution in [0, 0.1) is 6.08 Å². The smallest absolute Gasteiger partial charge is 0.744 e. The first-order chi connectivity index (χ1) is 33.2. The third-order valence-corrected chi connectivity index (χ3v) is 13.1. The van der Waals surface area contributed by atoms with Crippen LogP contribution in [0.15, 0.2) is 137 Å². The molecule has 0 aliphatic rings. The third kappa shape index (κ3) is 19.2. The van der Waals surface area contributed by atoms with Crippen molar-refractivity contribution in [3.8, 4) is 0 Å².